The van der Waals surface area contributed by atoms with Crippen molar-refractivity contribution in [2.75, 3.05) is 0 Å². The topological polar surface area (TPSA) is 39.1 Å². The predicted molar refractivity (Wildman–Crippen MR) is 130 cm³/mol. The second-order valence-corrected chi connectivity index (χ2v) is 11.6. The van der Waals surface area contributed by atoms with Gasteiger partial charge in [0.1, 0.15) is 0 Å². The monoisotopic (exact) mass is 437 g/mol. The first-order valence-corrected chi connectivity index (χ1v) is 13.1. The van der Waals surface area contributed by atoms with Gasteiger partial charge in [0.25, 0.3) is 10.0 Å². The van der Waals surface area contributed by atoms with Crippen LogP contribution in [0.4, 0.5) is 0 Å². The molecule has 166 valence electrons. The fraction of sp³-hybridized carbons (Fsp3) is 0.481. The molecule has 3 nitrogen and oxygen atoms in total. The molecule has 1 aliphatic rings. The van der Waals surface area contributed by atoms with Crippen molar-refractivity contribution >= 4 is 20.9 Å². The lowest BCUT2D eigenvalue weighted by Gasteiger charge is -2.24. The van der Waals surface area contributed by atoms with Crippen molar-refractivity contribution in [1.82, 2.24) is 3.97 Å². The molecule has 1 aromatic heterocycles. The van der Waals surface area contributed by atoms with Crippen LogP contribution in [0.2, 0.25) is 0 Å². The van der Waals surface area contributed by atoms with Gasteiger partial charge in [0.05, 0.1) is 10.4 Å². The molecule has 0 atom stereocenters. The van der Waals surface area contributed by atoms with Crippen molar-refractivity contribution in [3.8, 4) is 0 Å². The van der Waals surface area contributed by atoms with Crippen LogP contribution in [0.1, 0.15) is 100 Å². The molecule has 4 heteroatoms. The molecular weight excluding hydrogens is 402 g/mol. The number of aryl methyl sites for hydroxylation is 1. The van der Waals surface area contributed by atoms with Crippen LogP contribution in [0.3, 0.4) is 0 Å². The second kappa shape index (κ2) is 8.12. The van der Waals surface area contributed by atoms with Crippen molar-refractivity contribution in [2.45, 2.75) is 89.9 Å². The zero-order chi connectivity index (χ0) is 22.5. The maximum atomic E-state index is 14.5. The molecule has 3 aromatic rings. The summed E-state index contributed by atoms with van der Waals surface area (Å²) in [5, 5.41) is 1.09. The molecule has 0 fully saturated rings. The van der Waals surface area contributed by atoms with Crippen LogP contribution in [0.25, 0.3) is 10.9 Å². The number of nitrogens with zero attached hydrogens (tertiary/aromatic N) is 1. The molecule has 0 saturated heterocycles. The summed E-state index contributed by atoms with van der Waals surface area (Å²) in [7, 11) is -3.74. The van der Waals surface area contributed by atoms with E-state index in [2.05, 4.69) is 59.7 Å². The highest BCUT2D eigenvalue weighted by molar-refractivity contribution is 7.90. The lowest BCUT2D eigenvalue weighted by Crippen LogP contribution is -2.22. The third-order valence-corrected chi connectivity index (χ3v) is 8.59. The highest BCUT2D eigenvalue weighted by Crippen LogP contribution is 2.40. The van der Waals surface area contributed by atoms with Crippen molar-refractivity contribution in [1.29, 1.82) is 0 Å². The Bertz CT molecular complexity index is 1200. The van der Waals surface area contributed by atoms with Crippen LogP contribution in [0.5, 0.6) is 0 Å². The lowest BCUT2D eigenvalue weighted by atomic mass is 9.89. The third-order valence-electron chi connectivity index (χ3n) is 6.71. The molecule has 1 heterocycles. The van der Waals surface area contributed by atoms with E-state index in [-0.39, 0.29) is 11.8 Å². The van der Waals surface area contributed by atoms with Gasteiger partial charge in [-0.2, -0.15) is 0 Å². The lowest BCUT2D eigenvalue weighted by molar-refractivity contribution is 0.577. The van der Waals surface area contributed by atoms with Crippen LogP contribution < -0.4 is 0 Å². The molecule has 0 aliphatic heterocycles. The normalized spacial score (nSPS) is 14.7. The molecule has 0 saturated carbocycles. The van der Waals surface area contributed by atoms with Gasteiger partial charge >= 0.3 is 0 Å². The Labute approximate surface area is 187 Å². The summed E-state index contributed by atoms with van der Waals surface area (Å²) in [6.45, 7) is 12.8. The summed E-state index contributed by atoms with van der Waals surface area (Å²) in [5.41, 5.74) is 6.14. The van der Waals surface area contributed by atoms with E-state index in [0.29, 0.717) is 10.8 Å². The Kier molecular flexibility index (Phi) is 5.80. The van der Waals surface area contributed by atoms with E-state index >= 15 is 0 Å². The predicted octanol–water partition coefficient (Wildman–Crippen LogP) is 7.13. The van der Waals surface area contributed by atoms with E-state index in [1.165, 1.54) is 11.1 Å². The van der Waals surface area contributed by atoms with Crippen molar-refractivity contribution < 1.29 is 8.42 Å². The first-order valence-electron chi connectivity index (χ1n) is 11.7. The van der Waals surface area contributed by atoms with Gasteiger partial charge < -0.3 is 0 Å². The Morgan fingerprint density at radius 3 is 1.97 bits per heavy atom. The summed E-state index contributed by atoms with van der Waals surface area (Å²) < 4.78 is 30.6. The van der Waals surface area contributed by atoms with Gasteiger partial charge in [-0.3, -0.25) is 0 Å². The number of benzene rings is 2. The van der Waals surface area contributed by atoms with Gasteiger partial charge in [0.15, 0.2) is 0 Å². The first kappa shape index (κ1) is 22.1. The smallest absolute Gasteiger partial charge is 0.238 e. The number of fused-ring (bicyclic) bond motifs is 3. The quantitative estimate of drug-likeness (QED) is 0.426. The number of aromatic nitrogens is 1. The van der Waals surface area contributed by atoms with Gasteiger partial charge in [-0.15, -0.1) is 0 Å². The molecule has 0 spiro atoms. The Hall–Kier alpha value is -2.07. The fourth-order valence-electron chi connectivity index (χ4n) is 5.01. The number of hydrogen-bond donors (Lipinski definition) is 0. The Morgan fingerprint density at radius 2 is 1.39 bits per heavy atom. The maximum absolute atomic E-state index is 14.5. The molecular formula is C27H35NO2S. The molecule has 4 rings (SSSR count). The molecule has 0 amide bonds. The first-order chi connectivity index (χ1) is 14.6. The van der Waals surface area contributed by atoms with Crippen LogP contribution in [-0.2, 0) is 22.9 Å². The van der Waals surface area contributed by atoms with Crippen LogP contribution >= 0.6 is 0 Å². The Morgan fingerprint density at radius 1 is 0.806 bits per heavy atom. The minimum absolute atomic E-state index is 0.124. The van der Waals surface area contributed by atoms with E-state index in [4.69, 9.17) is 0 Å². The highest BCUT2D eigenvalue weighted by atomic mass is 32.2. The largest absolute Gasteiger partial charge is 0.268 e. The van der Waals surface area contributed by atoms with Crippen LogP contribution in [0, 0.1) is 0 Å². The summed E-state index contributed by atoms with van der Waals surface area (Å²) >= 11 is 0. The third kappa shape index (κ3) is 3.63. The average molecular weight is 438 g/mol. The van der Waals surface area contributed by atoms with Gasteiger partial charge in [-0.05, 0) is 71.8 Å². The summed E-state index contributed by atoms with van der Waals surface area (Å²) in [4.78, 5) is 0.524. The van der Waals surface area contributed by atoms with Crippen molar-refractivity contribution in [2.24, 2.45) is 0 Å². The SMILES string of the molecule is CC(C)c1cc(C(C)C)c(S(=O)(=O)n2c3c(c4ccccc42)CCCC3)c(C(C)C)c1. The van der Waals surface area contributed by atoms with Crippen molar-refractivity contribution in [3.05, 3.63) is 64.3 Å². The standard InChI is InChI=1S/C27H35NO2S/c1-17(2)20-15-23(18(3)4)27(24(16-20)19(5)6)31(29,30)28-25-13-9-7-11-21(25)22-12-8-10-14-26(22)28/h7,9,11,13,15-19H,8,10,12,14H2,1-6H3. The molecule has 0 N–H and O–H groups in total. The van der Waals surface area contributed by atoms with Gasteiger partial charge in [0.2, 0.25) is 0 Å². The molecule has 31 heavy (non-hydrogen) atoms. The van der Waals surface area contributed by atoms with E-state index in [9.17, 15) is 8.42 Å². The Balaban J connectivity index is 2.10. The number of rotatable bonds is 5. The van der Waals surface area contributed by atoms with E-state index in [0.717, 1.165) is 53.4 Å². The molecule has 0 radical (unpaired) electrons. The van der Waals surface area contributed by atoms with E-state index in [1.807, 2.05) is 18.2 Å². The number of para-hydroxylation sites is 1. The minimum atomic E-state index is -3.74. The zero-order valence-corrected chi connectivity index (χ0v) is 20.5. The maximum Gasteiger partial charge on any atom is 0.268 e. The molecule has 2 aromatic carbocycles. The zero-order valence-electron chi connectivity index (χ0n) is 19.7. The summed E-state index contributed by atoms with van der Waals surface area (Å²) in [5.74, 6) is 0.601. The van der Waals surface area contributed by atoms with Gasteiger partial charge in [-0.25, -0.2) is 12.4 Å². The molecule has 0 bridgehead atoms. The molecule has 0 unspecified atom stereocenters. The van der Waals surface area contributed by atoms with E-state index < -0.39 is 10.0 Å². The fourth-order valence-corrected chi connectivity index (χ4v) is 7.29. The summed E-state index contributed by atoms with van der Waals surface area (Å²) in [6.07, 6.45) is 3.94. The van der Waals surface area contributed by atoms with Crippen molar-refractivity contribution in [3.63, 3.8) is 0 Å². The van der Waals surface area contributed by atoms with E-state index in [1.54, 1.807) is 3.97 Å². The highest BCUT2D eigenvalue weighted by Gasteiger charge is 2.33. The van der Waals surface area contributed by atoms with Crippen LogP contribution in [-0.4, -0.2) is 12.4 Å². The average Bonchev–Trinajstić information content (AvgIpc) is 3.07. The second-order valence-electron chi connectivity index (χ2n) is 9.91. The number of hydrogen-bond acceptors (Lipinski definition) is 2. The van der Waals surface area contributed by atoms with Gasteiger partial charge in [-0.1, -0.05) is 71.9 Å². The molecule has 1 aliphatic carbocycles. The van der Waals surface area contributed by atoms with Crippen LogP contribution in [0.15, 0.2) is 41.3 Å². The van der Waals surface area contributed by atoms with Gasteiger partial charge in [0, 0.05) is 11.1 Å². The minimum Gasteiger partial charge on any atom is -0.238 e. The summed E-state index contributed by atoms with van der Waals surface area (Å²) in [6, 6.07) is 12.3.